The summed E-state index contributed by atoms with van der Waals surface area (Å²) in [5, 5.41) is 0. The van der Waals surface area contributed by atoms with Crippen LogP contribution in [0.5, 0.6) is 0 Å². The molecule has 7 nitrogen and oxygen atoms in total. The highest BCUT2D eigenvalue weighted by molar-refractivity contribution is 7.89. The third kappa shape index (κ3) is 4.24. The van der Waals surface area contributed by atoms with Crippen molar-refractivity contribution in [3.05, 3.63) is 48.2 Å². The van der Waals surface area contributed by atoms with Crippen LogP contribution in [0.1, 0.15) is 5.56 Å². The molecule has 3 heterocycles. The molecule has 0 aliphatic carbocycles. The maximum atomic E-state index is 12.9. The van der Waals surface area contributed by atoms with Crippen LogP contribution >= 0.6 is 0 Å². The van der Waals surface area contributed by atoms with Crippen molar-refractivity contribution < 1.29 is 8.42 Å². The summed E-state index contributed by atoms with van der Waals surface area (Å²) in [6.07, 6.45) is 1.51. The molecular weight excluding hydrogens is 386 g/mol. The van der Waals surface area contributed by atoms with Gasteiger partial charge in [0.1, 0.15) is 10.7 Å². The Kier molecular flexibility index (Phi) is 5.76. The first-order valence-corrected chi connectivity index (χ1v) is 11.6. The van der Waals surface area contributed by atoms with Crippen LogP contribution in [0.2, 0.25) is 0 Å². The van der Waals surface area contributed by atoms with E-state index in [9.17, 15) is 8.42 Å². The summed E-state index contributed by atoms with van der Waals surface area (Å²) >= 11 is 0. The van der Waals surface area contributed by atoms with Gasteiger partial charge < -0.3 is 14.7 Å². The zero-order valence-electron chi connectivity index (χ0n) is 17.2. The number of likely N-dealkylation sites (N-methyl/N-ethyl adjacent to an activating group) is 1. The third-order valence-electron chi connectivity index (χ3n) is 5.88. The molecular formula is C21H29N5O2S. The molecule has 0 radical (unpaired) electrons. The quantitative estimate of drug-likeness (QED) is 0.757. The summed E-state index contributed by atoms with van der Waals surface area (Å²) in [7, 11) is -1.45. The molecule has 29 heavy (non-hydrogen) atoms. The Labute approximate surface area is 173 Å². The zero-order valence-corrected chi connectivity index (χ0v) is 18.0. The molecule has 156 valence electrons. The lowest BCUT2D eigenvalue weighted by Crippen LogP contribution is -2.47. The molecule has 2 aliphatic heterocycles. The van der Waals surface area contributed by atoms with Crippen molar-refractivity contribution in [2.45, 2.75) is 11.8 Å². The minimum absolute atomic E-state index is 0.282. The molecule has 0 N–H and O–H groups in total. The van der Waals surface area contributed by atoms with E-state index in [1.165, 1.54) is 17.4 Å². The van der Waals surface area contributed by atoms with Gasteiger partial charge in [-0.25, -0.2) is 13.4 Å². The maximum absolute atomic E-state index is 12.9. The van der Waals surface area contributed by atoms with Gasteiger partial charge in [-0.05, 0) is 37.7 Å². The van der Waals surface area contributed by atoms with Crippen LogP contribution in [0.25, 0.3) is 0 Å². The van der Waals surface area contributed by atoms with Gasteiger partial charge in [-0.1, -0.05) is 18.2 Å². The van der Waals surface area contributed by atoms with Crippen LogP contribution in [-0.4, -0.2) is 82.0 Å². The molecule has 2 saturated heterocycles. The van der Waals surface area contributed by atoms with Gasteiger partial charge in [-0.3, -0.25) is 0 Å². The normalized spacial score (nSPS) is 19.5. The lowest BCUT2D eigenvalue weighted by atomic mass is 10.1. The molecule has 0 saturated carbocycles. The maximum Gasteiger partial charge on any atom is 0.244 e. The number of benzene rings is 1. The smallest absolute Gasteiger partial charge is 0.244 e. The summed E-state index contributed by atoms with van der Waals surface area (Å²) in [6.45, 7) is 8.30. The number of para-hydroxylation sites is 1. The number of hydrogen-bond acceptors (Lipinski definition) is 6. The average Bonchev–Trinajstić information content (AvgIpc) is 2.75. The molecule has 1 aromatic carbocycles. The summed E-state index contributed by atoms with van der Waals surface area (Å²) in [5.74, 6) is 0.840. The number of nitrogens with zero attached hydrogens (tertiary/aromatic N) is 5. The number of pyridine rings is 1. The van der Waals surface area contributed by atoms with Gasteiger partial charge >= 0.3 is 0 Å². The van der Waals surface area contributed by atoms with Gasteiger partial charge in [-0.2, -0.15) is 4.31 Å². The number of piperazine rings is 2. The monoisotopic (exact) mass is 415 g/mol. The molecule has 2 aromatic rings. The molecule has 1 aromatic heterocycles. The van der Waals surface area contributed by atoms with E-state index in [4.69, 9.17) is 0 Å². The van der Waals surface area contributed by atoms with E-state index in [-0.39, 0.29) is 4.90 Å². The van der Waals surface area contributed by atoms with Crippen molar-refractivity contribution in [1.82, 2.24) is 14.2 Å². The lowest BCUT2D eigenvalue weighted by Gasteiger charge is -2.37. The van der Waals surface area contributed by atoms with E-state index in [1.54, 1.807) is 10.4 Å². The first-order chi connectivity index (χ1) is 13.9. The van der Waals surface area contributed by atoms with Crippen LogP contribution < -0.4 is 9.80 Å². The molecule has 0 amide bonds. The van der Waals surface area contributed by atoms with E-state index in [2.05, 4.69) is 50.9 Å². The second-order valence-electron chi connectivity index (χ2n) is 7.82. The number of hydrogen-bond donors (Lipinski definition) is 0. The van der Waals surface area contributed by atoms with Gasteiger partial charge in [0.25, 0.3) is 0 Å². The number of aromatic nitrogens is 1. The Morgan fingerprint density at radius 3 is 2.10 bits per heavy atom. The largest absolute Gasteiger partial charge is 0.368 e. The van der Waals surface area contributed by atoms with Crippen LogP contribution in [0, 0.1) is 6.92 Å². The highest BCUT2D eigenvalue weighted by atomic mass is 32.2. The van der Waals surface area contributed by atoms with Crippen LogP contribution in [-0.2, 0) is 10.0 Å². The van der Waals surface area contributed by atoms with Crippen LogP contribution in [0.4, 0.5) is 11.5 Å². The number of aryl methyl sites for hydroxylation is 1. The van der Waals surface area contributed by atoms with E-state index in [1.807, 2.05) is 13.1 Å². The molecule has 2 aliphatic rings. The highest BCUT2D eigenvalue weighted by Crippen LogP contribution is 2.24. The second kappa shape index (κ2) is 8.30. The zero-order chi connectivity index (χ0) is 20.4. The van der Waals surface area contributed by atoms with E-state index >= 15 is 0 Å². The summed E-state index contributed by atoms with van der Waals surface area (Å²) in [5.41, 5.74) is 2.58. The van der Waals surface area contributed by atoms with E-state index in [0.29, 0.717) is 13.1 Å². The Bertz CT molecular complexity index is 932. The van der Waals surface area contributed by atoms with Crippen molar-refractivity contribution >= 4 is 21.5 Å². The second-order valence-corrected chi connectivity index (χ2v) is 9.76. The standard InChI is InChI=1S/C21H29N5O2S/c1-18-5-3-4-6-20(18)24-11-13-25(14-12-24)21-8-7-19(17-22-21)29(27,28)26-15-9-23(2)10-16-26/h3-8,17H,9-16H2,1-2H3. The molecule has 0 spiro atoms. The SMILES string of the molecule is Cc1ccccc1N1CCN(c2ccc(S(=O)(=O)N3CCN(C)CC3)cn2)CC1. The van der Waals surface area contributed by atoms with Gasteiger partial charge in [0, 0.05) is 64.2 Å². The number of rotatable bonds is 4. The highest BCUT2D eigenvalue weighted by Gasteiger charge is 2.28. The van der Waals surface area contributed by atoms with Gasteiger partial charge in [0.2, 0.25) is 10.0 Å². The Morgan fingerprint density at radius 1 is 0.828 bits per heavy atom. The van der Waals surface area contributed by atoms with Crippen molar-refractivity contribution in [2.75, 3.05) is 69.2 Å². The first kappa shape index (κ1) is 20.1. The van der Waals surface area contributed by atoms with Crippen LogP contribution in [0.15, 0.2) is 47.5 Å². The molecule has 0 unspecified atom stereocenters. The number of sulfonamides is 1. The molecule has 2 fully saturated rings. The van der Waals surface area contributed by atoms with Crippen molar-refractivity contribution in [2.24, 2.45) is 0 Å². The number of anilines is 2. The summed E-state index contributed by atoms with van der Waals surface area (Å²) < 4.78 is 27.3. The predicted octanol–water partition coefficient (Wildman–Crippen LogP) is 1.65. The topological polar surface area (TPSA) is 60.0 Å². The molecule has 4 rings (SSSR count). The predicted molar refractivity (Wildman–Crippen MR) is 116 cm³/mol. The van der Waals surface area contributed by atoms with Crippen molar-refractivity contribution in [1.29, 1.82) is 0 Å². The molecule has 8 heteroatoms. The fourth-order valence-electron chi connectivity index (χ4n) is 3.98. The minimum atomic E-state index is -3.47. The van der Waals surface area contributed by atoms with Gasteiger partial charge in [0.05, 0.1) is 0 Å². The van der Waals surface area contributed by atoms with Gasteiger partial charge in [0.15, 0.2) is 0 Å². The fraction of sp³-hybridized carbons (Fsp3) is 0.476. The fourth-order valence-corrected chi connectivity index (χ4v) is 5.35. The average molecular weight is 416 g/mol. The first-order valence-electron chi connectivity index (χ1n) is 10.2. The van der Waals surface area contributed by atoms with E-state index < -0.39 is 10.0 Å². The van der Waals surface area contributed by atoms with Gasteiger partial charge in [-0.15, -0.1) is 0 Å². The summed E-state index contributed by atoms with van der Waals surface area (Å²) in [4.78, 5) is 11.5. The minimum Gasteiger partial charge on any atom is -0.368 e. The summed E-state index contributed by atoms with van der Waals surface area (Å²) in [6, 6.07) is 12.0. The van der Waals surface area contributed by atoms with Crippen molar-refractivity contribution in [3.63, 3.8) is 0 Å². The lowest BCUT2D eigenvalue weighted by molar-refractivity contribution is 0.222. The Morgan fingerprint density at radius 2 is 1.48 bits per heavy atom. The van der Waals surface area contributed by atoms with Crippen LogP contribution in [0.3, 0.4) is 0 Å². The Balaban J connectivity index is 1.41. The van der Waals surface area contributed by atoms with E-state index in [0.717, 1.165) is 45.1 Å². The third-order valence-corrected chi connectivity index (χ3v) is 7.76. The van der Waals surface area contributed by atoms with Crippen molar-refractivity contribution in [3.8, 4) is 0 Å². The Hall–Kier alpha value is -2.16. The molecule has 0 bridgehead atoms. The molecule has 0 atom stereocenters.